The molecule has 0 aromatic heterocycles. The van der Waals surface area contributed by atoms with Crippen molar-refractivity contribution in [2.75, 3.05) is 18.5 Å². The highest BCUT2D eigenvalue weighted by atomic mass is 35.5. The molecule has 1 aliphatic carbocycles. The zero-order chi connectivity index (χ0) is 16.1. The Hall–Kier alpha value is -2.04. The predicted molar refractivity (Wildman–Crippen MR) is 99.0 cm³/mol. The first kappa shape index (κ1) is 18.3. The number of fused-ring (bicyclic) bond motifs is 1. The molecule has 0 heterocycles. The van der Waals surface area contributed by atoms with Crippen LogP contribution in [0.4, 0.5) is 5.69 Å². The molecular formula is C19H23ClN2O2. The highest BCUT2D eigenvalue weighted by Crippen LogP contribution is 2.32. The van der Waals surface area contributed by atoms with Crippen LogP contribution in [0.2, 0.25) is 0 Å². The zero-order valence-corrected chi connectivity index (χ0v) is 14.4. The highest BCUT2D eigenvalue weighted by molar-refractivity contribution is 5.96. The molecule has 0 saturated heterocycles. The Balaban J connectivity index is 0.00000208. The number of anilines is 1. The molecule has 1 aliphatic rings. The van der Waals surface area contributed by atoms with Crippen LogP contribution in [0.15, 0.2) is 48.5 Å². The van der Waals surface area contributed by atoms with E-state index in [9.17, 15) is 4.79 Å². The second-order valence-corrected chi connectivity index (χ2v) is 5.79. The zero-order valence-electron chi connectivity index (χ0n) is 13.5. The summed E-state index contributed by atoms with van der Waals surface area (Å²) in [6.45, 7) is 0.976. The Morgan fingerprint density at radius 1 is 1.17 bits per heavy atom. The van der Waals surface area contributed by atoms with Gasteiger partial charge in [0.15, 0.2) is 0 Å². The molecule has 0 radical (unpaired) electrons. The van der Waals surface area contributed by atoms with Crippen LogP contribution < -0.4 is 15.8 Å². The van der Waals surface area contributed by atoms with E-state index in [4.69, 9.17) is 10.5 Å². The number of halogens is 1. The molecular weight excluding hydrogens is 324 g/mol. The van der Waals surface area contributed by atoms with Crippen LogP contribution in [0.5, 0.6) is 5.75 Å². The summed E-state index contributed by atoms with van der Waals surface area (Å²) in [7, 11) is 0. The van der Waals surface area contributed by atoms with E-state index in [1.807, 2.05) is 36.4 Å². The van der Waals surface area contributed by atoms with Crippen LogP contribution in [-0.2, 0) is 11.2 Å². The third kappa shape index (κ3) is 4.28. The Labute approximate surface area is 148 Å². The van der Waals surface area contributed by atoms with E-state index in [1.54, 1.807) is 0 Å². The smallest absolute Gasteiger partial charge is 0.231 e. The summed E-state index contributed by atoms with van der Waals surface area (Å²) in [6.07, 6.45) is 3.02. The minimum atomic E-state index is -0.0619. The van der Waals surface area contributed by atoms with E-state index in [0.717, 1.165) is 30.7 Å². The molecule has 128 valence electrons. The maximum absolute atomic E-state index is 12.6. The minimum absolute atomic E-state index is 0. The number of amides is 1. The minimum Gasteiger partial charge on any atom is -0.492 e. The lowest BCUT2D eigenvalue weighted by Crippen LogP contribution is -2.24. The molecule has 0 fully saturated rings. The fourth-order valence-electron chi connectivity index (χ4n) is 3.07. The van der Waals surface area contributed by atoms with Crippen molar-refractivity contribution in [2.45, 2.75) is 25.2 Å². The molecule has 1 unspecified atom stereocenters. The van der Waals surface area contributed by atoms with Crippen LogP contribution >= 0.6 is 12.4 Å². The van der Waals surface area contributed by atoms with Gasteiger partial charge in [-0.3, -0.25) is 4.79 Å². The standard InChI is InChI=1S/C19H22N2O2.ClH/c20-12-13-23-16-10-8-15(9-11-16)21-19(22)18-7-3-5-14-4-1-2-6-17(14)18;/h1-2,4,6,8-11,18H,3,5,7,12-13,20H2,(H,21,22);1H. The summed E-state index contributed by atoms with van der Waals surface area (Å²) in [5.74, 6) is 0.761. The maximum Gasteiger partial charge on any atom is 0.231 e. The lowest BCUT2D eigenvalue weighted by atomic mass is 9.82. The fraction of sp³-hybridized carbons (Fsp3) is 0.316. The summed E-state index contributed by atoms with van der Waals surface area (Å²) < 4.78 is 5.44. The molecule has 2 aromatic rings. The first-order chi connectivity index (χ1) is 11.3. The van der Waals surface area contributed by atoms with Gasteiger partial charge in [0.05, 0.1) is 5.92 Å². The molecule has 3 N–H and O–H groups in total. The third-order valence-electron chi connectivity index (χ3n) is 4.19. The molecule has 2 aromatic carbocycles. The van der Waals surface area contributed by atoms with Crippen molar-refractivity contribution in [1.29, 1.82) is 0 Å². The van der Waals surface area contributed by atoms with Crippen LogP contribution in [0.3, 0.4) is 0 Å². The molecule has 0 aliphatic heterocycles. The van der Waals surface area contributed by atoms with Crippen molar-refractivity contribution in [1.82, 2.24) is 0 Å². The predicted octanol–water partition coefficient (Wildman–Crippen LogP) is 3.50. The largest absolute Gasteiger partial charge is 0.492 e. The molecule has 1 amide bonds. The number of hydrogen-bond acceptors (Lipinski definition) is 3. The lowest BCUT2D eigenvalue weighted by Gasteiger charge is -2.24. The summed E-state index contributed by atoms with van der Waals surface area (Å²) in [5.41, 5.74) is 8.66. The number of ether oxygens (including phenoxy) is 1. The maximum atomic E-state index is 12.6. The second kappa shape index (κ2) is 8.71. The summed E-state index contributed by atoms with van der Waals surface area (Å²) in [6, 6.07) is 15.7. The fourth-order valence-corrected chi connectivity index (χ4v) is 3.07. The lowest BCUT2D eigenvalue weighted by molar-refractivity contribution is -0.117. The van der Waals surface area contributed by atoms with Crippen molar-refractivity contribution in [3.05, 3.63) is 59.7 Å². The number of carbonyl (C=O) groups excluding carboxylic acids is 1. The molecule has 24 heavy (non-hydrogen) atoms. The summed E-state index contributed by atoms with van der Waals surface area (Å²) >= 11 is 0. The molecule has 0 spiro atoms. The van der Waals surface area contributed by atoms with Crippen LogP contribution in [0.25, 0.3) is 0 Å². The Kier molecular flexibility index (Phi) is 6.64. The van der Waals surface area contributed by atoms with Gasteiger partial charge in [-0.2, -0.15) is 0 Å². The van der Waals surface area contributed by atoms with Crippen LogP contribution in [0, 0.1) is 0 Å². The topological polar surface area (TPSA) is 64.3 Å². The average Bonchev–Trinajstić information content (AvgIpc) is 2.60. The van der Waals surface area contributed by atoms with Gasteiger partial charge in [-0.15, -0.1) is 12.4 Å². The van der Waals surface area contributed by atoms with E-state index >= 15 is 0 Å². The van der Waals surface area contributed by atoms with Gasteiger partial charge in [0.25, 0.3) is 0 Å². The van der Waals surface area contributed by atoms with Crippen molar-refractivity contribution in [2.24, 2.45) is 5.73 Å². The first-order valence-corrected chi connectivity index (χ1v) is 8.09. The molecule has 1 atom stereocenters. The molecule has 0 bridgehead atoms. The van der Waals surface area contributed by atoms with Crippen molar-refractivity contribution >= 4 is 24.0 Å². The van der Waals surface area contributed by atoms with E-state index in [2.05, 4.69) is 17.4 Å². The Morgan fingerprint density at radius 2 is 1.92 bits per heavy atom. The van der Waals surface area contributed by atoms with Gasteiger partial charge >= 0.3 is 0 Å². The number of nitrogens with one attached hydrogen (secondary N) is 1. The number of carbonyl (C=O) groups is 1. The number of benzene rings is 2. The van der Waals surface area contributed by atoms with E-state index < -0.39 is 0 Å². The van der Waals surface area contributed by atoms with Crippen LogP contribution in [-0.4, -0.2) is 19.1 Å². The Bertz CT molecular complexity index is 673. The number of aryl methyl sites for hydroxylation is 1. The van der Waals surface area contributed by atoms with E-state index in [0.29, 0.717) is 13.2 Å². The van der Waals surface area contributed by atoms with Crippen LogP contribution in [0.1, 0.15) is 29.9 Å². The summed E-state index contributed by atoms with van der Waals surface area (Å²) in [5, 5.41) is 3.02. The summed E-state index contributed by atoms with van der Waals surface area (Å²) in [4.78, 5) is 12.6. The van der Waals surface area contributed by atoms with Gasteiger partial charge in [0, 0.05) is 12.2 Å². The number of hydrogen-bond donors (Lipinski definition) is 2. The molecule has 3 rings (SSSR count). The molecule has 5 heteroatoms. The number of nitrogens with two attached hydrogens (primary N) is 1. The normalized spacial score (nSPS) is 15.8. The monoisotopic (exact) mass is 346 g/mol. The average molecular weight is 347 g/mol. The van der Waals surface area contributed by atoms with Gasteiger partial charge in [0.2, 0.25) is 5.91 Å². The quantitative estimate of drug-likeness (QED) is 0.870. The SMILES string of the molecule is Cl.NCCOc1ccc(NC(=O)C2CCCc3ccccc32)cc1. The van der Waals surface area contributed by atoms with Gasteiger partial charge < -0.3 is 15.8 Å². The third-order valence-corrected chi connectivity index (χ3v) is 4.19. The van der Waals surface area contributed by atoms with Gasteiger partial charge in [0.1, 0.15) is 12.4 Å². The van der Waals surface area contributed by atoms with Gasteiger partial charge in [-0.05, 0) is 54.7 Å². The van der Waals surface area contributed by atoms with Crippen molar-refractivity contribution < 1.29 is 9.53 Å². The first-order valence-electron chi connectivity index (χ1n) is 8.09. The Morgan fingerprint density at radius 3 is 2.67 bits per heavy atom. The van der Waals surface area contributed by atoms with Crippen molar-refractivity contribution in [3.63, 3.8) is 0 Å². The highest BCUT2D eigenvalue weighted by Gasteiger charge is 2.26. The van der Waals surface area contributed by atoms with Gasteiger partial charge in [-0.25, -0.2) is 0 Å². The molecule has 0 saturated carbocycles. The molecule has 4 nitrogen and oxygen atoms in total. The number of rotatable bonds is 5. The van der Waals surface area contributed by atoms with Crippen molar-refractivity contribution in [3.8, 4) is 5.75 Å². The van der Waals surface area contributed by atoms with E-state index in [1.165, 1.54) is 11.1 Å². The van der Waals surface area contributed by atoms with E-state index in [-0.39, 0.29) is 24.2 Å². The second-order valence-electron chi connectivity index (χ2n) is 5.79. The van der Waals surface area contributed by atoms with Gasteiger partial charge in [-0.1, -0.05) is 24.3 Å².